The van der Waals surface area contributed by atoms with Gasteiger partial charge in [-0.05, 0) is 31.1 Å². The van der Waals surface area contributed by atoms with Gasteiger partial charge in [-0.25, -0.2) is 0 Å². The van der Waals surface area contributed by atoms with Crippen molar-refractivity contribution in [3.8, 4) is 12.3 Å². The molecule has 0 aromatic rings. The first-order valence-electron chi connectivity index (χ1n) is 5.10. The van der Waals surface area contributed by atoms with E-state index in [1.165, 1.54) is 0 Å². The van der Waals surface area contributed by atoms with Gasteiger partial charge in [-0.3, -0.25) is 9.59 Å². The summed E-state index contributed by atoms with van der Waals surface area (Å²) < 4.78 is 0. The van der Waals surface area contributed by atoms with Crippen molar-refractivity contribution < 1.29 is 14.7 Å². The maximum absolute atomic E-state index is 11.2. The molecule has 1 saturated heterocycles. The summed E-state index contributed by atoms with van der Waals surface area (Å²) in [6.07, 6.45) is 7.74. The maximum atomic E-state index is 11.2. The molecule has 0 spiro atoms. The van der Waals surface area contributed by atoms with Crippen LogP contribution in [0.5, 0.6) is 0 Å². The van der Waals surface area contributed by atoms with Gasteiger partial charge in [-0.15, -0.1) is 6.42 Å². The van der Waals surface area contributed by atoms with Crippen LogP contribution in [0.4, 0.5) is 0 Å². The van der Waals surface area contributed by atoms with E-state index in [2.05, 4.69) is 5.92 Å². The molecule has 15 heavy (non-hydrogen) atoms. The normalized spacial score (nSPS) is 20.7. The zero-order valence-corrected chi connectivity index (χ0v) is 8.61. The smallest absolute Gasteiger partial charge is 0.303 e. The molecule has 0 aliphatic carbocycles. The lowest BCUT2D eigenvalue weighted by Crippen LogP contribution is -2.39. The van der Waals surface area contributed by atoms with Crippen molar-refractivity contribution in [1.29, 1.82) is 0 Å². The highest BCUT2D eigenvalue weighted by molar-refractivity contribution is 5.92. The number of carboxylic acids is 1. The predicted octanol–water partition coefficient (Wildman–Crippen LogP) is 0.723. The summed E-state index contributed by atoms with van der Waals surface area (Å²) in [6, 6.07) is 0. The molecule has 1 unspecified atom stereocenters. The van der Waals surface area contributed by atoms with Crippen molar-refractivity contribution >= 4 is 11.9 Å². The number of nitrogens with zero attached hydrogens (tertiary/aromatic N) is 1. The Morgan fingerprint density at radius 2 is 2.27 bits per heavy atom. The number of carboxylic acid groups (broad SMARTS) is 1. The van der Waals surface area contributed by atoms with E-state index >= 15 is 0 Å². The summed E-state index contributed by atoms with van der Waals surface area (Å²) in [5, 5.41) is 8.55. The van der Waals surface area contributed by atoms with Gasteiger partial charge in [0, 0.05) is 19.5 Å². The summed E-state index contributed by atoms with van der Waals surface area (Å²) in [6.45, 7) is 1.31. The summed E-state index contributed by atoms with van der Waals surface area (Å²) in [7, 11) is 0. The number of piperidine rings is 1. The van der Waals surface area contributed by atoms with Crippen molar-refractivity contribution in [1.82, 2.24) is 4.90 Å². The first-order chi connectivity index (χ1) is 7.13. The highest BCUT2D eigenvalue weighted by Gasteiger charge is 2.22. The lowest BCUT2D eigenvalue weighted by Gasteiger charge is -2.31. The molecule has 0 bridgehead atoms. The fourth-order valence-corrected chi connectivity index (χ4v) is 1.90. The number of carbonyl (C=O) groups excluding carboxylic acids is 1. The first kappa shape index (κ1) is 11.6. The van der Waals surface area contributed by atoms with Crippen LogP contribution in [-0.2, 0) is 9.59 Å². The minimum atomic E-state index is -0.782. The molecule has 82 valence electrons. The van der Waals surface area contributed by atoms with Crippen LogP contribution in [0.1, 0.15) is 25.7 Å². The first-order valence-corrected chi connectivity index (χ1v) is 5.10. The third kappa shape index (κ3) is 3.62. The Balaban J connectivity index is 2.39. The van der Waals surface area contributed by atoms with Gasteiger partial charge in [0.05, 0.1) is 0 Å². The zero-order valence-electron chi connectivity index (χ0n) is 8.61. The van der Waals surface area contributed by atoms with Crippen LogP contribution >= 0.6 is 0 Å². The van der Waals surface area contributed by atoms with Gasteiger partial charge in [0.25, 0.3) is 5.91 Å². The molecule has 1 fully saturated rings. The molecule has 0 saturated carbocycles. The summed E-state index contributed by atoms with van der Waals surface area (Å²) in [4.78, 5) is 23.3. The van der Waals surface area contributed by atoms with Crippen molar-refractivity contribution in [2.24, 2.45) is 5.92 Å². The third-order valence-electron chi connectivity index (χ3n) is 2.70. The Bertz CT molecular complexity index is 293. The SMILES string of the molecule is C#CC(=O)N1CCCC(CCC(=O)O)C1. The number of hydrogen-bond donors (Lipinski definition) is 1. The topological polar surface area (TPSA) is 57.6 Å². The van der Waals surface area contributed by atoms with Gasteiger partial charge in [0.1, 0.15) is 0 Å². The van der Waals surface area contributed by atoms with E-state index in [0.29, 0.717) is 19.5 Å². The molecule has 1 N–H and O–H groups in total. The number of carbonyl (C=O) groups is 2. The van der Waals surface area contributed by atoms with Crippen LogP contribution in [0.15, 0.2) is 0 Å². The summed E-state index contributed by atoms with van der Waals surface area (Å²) >= 11 is 0. The number of amides is 1. The largest absolute Gasteiger partial charge is 0.481 e. The van der Waals surface area contributed by atoms with Gasteiger partial charge in [0.15, 0.2) is 0 Å². The maximum Gasteiger partial charge on any atom is 0.303 e. The number of rotatable bonds is 3. The molecule has 0 radical (unpaired) electrons. The van der Waals surface area contributed by atoms with Gasteiger partial charge in [-0.1, -0.05) is 0 Å². The summed E-state index contributed by atoms with van der Waals surface area (Å²) in [5.41, 5.74) is 0. The average Bonchev–Trinajstić information content (AvgIpc) is 2.25. The average molecular weight is 209 g/mol. The second-order valence-corrected chi connectivity index (χ2v) is 3.84. The molecular weight excluding hydrogens is 194 g/mol. The second-order valence-electron chi connectivity index (χ2n) is 3.84. The van der Waals surface area contributed by atoms with Gasteiger partial charge < -0.3 is 10.0 Å². The van der Waals surface area contributed by atoms with Crippen LogP contribution in [0.3, 0.4) is 0 Å². The quantitative estimate of drug-likeness (QED) is 0.697. The van der Waals surface area contributed by atoms with E-state index in [1.54, 1.807) is 4.90 Å². The highest BCUT2D eigenvalue weighted by atomic mass is 16.4. The Morgan fingerprint density at radius 3 is 2.87 bits per heavy atom. The minimum absolute atomic E-state index is 0.169. The lowest BCUT2D eigenvalue weighted by molar-refractivity contribution is -0.137. The fraction of sp³-hybridized carbons (Fsp3) is 0.636. The van der Waals surface area contributed by atoms with Crippen molar-refractivity contribution in [2.45, 2.75) is 25.7 Å². The number of hydrogen-bond acceptors (Lipinski definition) is 2. The molecule has 1 heterocycles. The van der Waals surface area contributed by atoms with Crippen LogP contribution in [0.2, 0.25) is 0 Å². The second kappa shape index (κ2) is 5.40. The van der Waals surface area contributed by atoms with Gasteiger partial charge >= 0.3 is 5.97 Å². The summed E-state index contributed by atoms with van der Waals surface area (Å²) in [5.74, 6) is 1.31. The zero-order chi connectivity index (χ0) is 11.3. The molecule has 1 atom stereocenters. The van der Waals surface area contributed by atoms with Crippen LogP contribution < -0.4 is 0 Å². The third-order valence-corrected chi connectivity index (χ3v) is 2.70. The number of aliphatic carboxylic acids is 1. The molecule has 1 rings (SSSR count). The monoisotopic (exact) mass is 209 g/mol. The van der Waals surface area contributed by atoms with Crippen LogP contribution in [0.25, 0.3) is 0 Å². The molecule has 4 heteroatoms. The predicted molar refractivity (Wildman–Crippen MR) is 55.0 cm³/mol. The molecule has 1 aliphatic rings. The Morgan fingerprint density at radius 1 is 1.53 bits per heavy atom. The minimum Gasteiger partial charge on any atom is -0.481 e. The fourth-order valence-electron chi connectivity index (χ4n) is 1.90. The number of likely N-dealkylation sites (tertiary alicyclic amines) is 1. The van der Waals surface area contributed by atoms with Gasteiger partial charge in [0.2, 0.25) is 0 Å². The highest BCUT2D eigenvalue weighted by Crippen LogP contribution is 2.20. The molecule has 1 aliphatic heterocycles. The Hall–Kier alpha value is -1.50. The Labute approximate surface area is 89.3 Å². The van der Waals surface area contributed by atoms with E-state index in [0.717, 1.165) is 12.8 Å². The lowest BCUT2D eigenvalue weighted by atomic mass is 9.93. The van der Waals surface area contributed by atoms with E-state index in [4.69, 9.17) is 11.5 Å². The van der Waals surface area contributed by atoms with Crippen LogP contribution in [0, 0.1) is 18.3 Å². The van der Waals surface area contributed by atoms with E-state index in [1.807, 2.05) is 0 Å². The van der Waals surface area contributed by atoms with Crippen LogP contribution in [-0.4, -0.2) is 35.0 Å². The number of terminal acetylenes is 1. The molecule has 1 amide bonds. The van der Waals surface area contributed by atoms with Gasteiger partial charge in [-0.2, -0.15) is 0 Å². The molecule has 4 nitrogen and oxygen atoms in total. The molecule has 0 aromatic carbocycles. The van der Waals surface area contributed by atoms with E-state index < -0.39 is 5.97 Å². The standard InChI is InChI=1S/C11H15NO3/c1-2-10(13)12-7-3-4-9(8-12)5-6-11(14)15/h1,9H,3-8H2,(H,14,15). The van der Waals surface area contributed by atoms with Crippen molar-refractivity contribution in [3.63, 3.8) is 0 Å². The van der Waals surface area contributed by atoms with Crippen molar-refractivity contribution in [2.75, 3.05) is 13.1 Å². The van der Waals surface area contributed by atoms with E-state index in [9.17, 15) is 9.59 Å². The molecular formula is C11H15NO3. The van der Waals surface area contributed by atoms with Crippen molar-refractivity contribution in [3.05, 3.63) is 0 Å². The Kier molecular flexibility index (Phi) is 4.17. The molecule has 0 aromatic heterocycles. The van der Waals surface area contributed by atoms with E-state index in [-0.39, 0.29) is 18.2 Å².